The Morgan fingerprint density at radius 3 is 2.38 bits per heavy atom. The third-order valence-electron chi connectivity index (χ3n) is 3.59. The number of nitrogens with zero attached hydrogens (tertiary/aromatic N) is 1. The fraction of sp³-hybridized carbons (Fsp3) is 0.462. The fourth-order valence-corrected chi connectivity index (χ4v) is 2.64. The zero-order chi connectivity index (χ0) is 11.0. The van der Waals surface area contributed by atoms with Crippen LogP contribution in [0.15, 0.2) is 30.3 Å². The molecule has 16 heavy (non-hydrogen) atoms. The summed E-state index contributed by atoms with van der Waals surface area (Å²) >= 11 is 0. The van der Waals surface area contributed by atoms with Crippen molar-refractivity contribution in [3.05, 3.63) is 35.9 Å². The van der Waals surface area contributed by atoms with Crippen molar-refractivity contribution in [2.45, 2.75) is 37.8 Å². The normalized spacial score (nSPS) is 31.6. The quantitative estimate of drug-likeness (QED) is 0.766. The summed E-state index contributed by atoms with van der Waals surface area (Å²) in [5.41, 5.74) is 3.75. The smallest absolute Gasteiger partial charge is 0.265 e. The van der Waals surface area contributed by atoms with Crippen molar-refractivity contribution in [1.29, 1.82) is 0 Å². The van der Waals surface area contributed by atoms with Crippen LogP contribution in [0.3, 0.4) is 0 Å². The highest BCUT2D eigenvalue weighted by atomic mass is 16.2. The van der Waals surface area contributed by atoms with E-state index in [4.69, 9.17) is 0 Å². The topological polar surface area (TPSA) is 32.1 Å². The third kappa shape index (κ3) is 1.71. The second-order valence-corrected chi connectivity index (χ2v) is 4.63. The molecular weight excluding hydrogens is 200 g/mol. The first-order valence-electron chi connectivity index (χ1n) is 6.00. The molecule has 0 bridgehead atoms. The van der Waals surface area contributed by atoms with Gasteiger partial charge in [0.1, 0.15) is 0 Å². The molecule has 84 valence electrons. The molecule has 3 rings (SSSR count). The van der Waals surface area contributed by atoms with E-state index in [0.29, 0.717) is 12.1 Å². The number of hydrazine groups is 1. The first kappa shape index (κ1) is 9.85. The average molecular weight is 216 g/mol. The van der Waals surface area contributed by atoms with Crippen molar-refractivity contribution >= 4 is 5.91 Å². The van der Waals surface area contributed by atoms with Gasteiger partial charge >= 0.3 is 0 Å². The van der Waals surface area contributed by atoms with Gasteiger partial charge in [0, 0.05) is 17.6 Å². The molecule has 1 aromatic carbocycles. The minimum absolute atomic E-state index is 0.0231. The highest BCUT2D eigenvalue weighted by Crippen LogP contribution is 2.38. The molecular formula is C13H16N2O. The van der Waals surface area contributed by atoms with E-state index in [1.54, 1.807) is 0 Å². The van der Waals surface area contributed by atoms with Crippen molar-refractivity contribution < 1.29 is 4.79 Å². The molecule has 0 aromatic heterocycles. The molecule has 1 heterocycles. The Labute approximate surface area is 95.4 Å². The lowest BCUT2D eigenvalue weighted by Crippen LogP contribution is -2.31. The molecule has 2 fully saturated rings. The van der Waals surface area contributed by atoms with Gasteiger partial charge in [-0.3, -0.25) is 10.2 Å². The monoisotopic (exact) mass is 216 g/mol. The second-order valence-electron chi connectivity index (χ2n) is 4.63. The number of carbonyl (C=O) groups is 1. The number of hydrogen-bond acceptors (Lipinski definition) is 2. The number of rotatable bonds is 2. The Morgan fingerprint density at radius 2 is 1.75 bits per heavy atom. The first-order chi connectivity index (χ1) is 7.86. The van der Waals surface area contributed by atoms with Crippen LogP contribution < -0.4 is 5.43 Å². The predicted molar refractivity (Wildman–Crippen MR) is 61.8 cm³/mol. The average Bonchev–Trinajstić information content (AvgIpc) is 3.04. The Hall–Kier alpha value is -1.35. The Morgan fingerprint density at radius 1 is 1.12 bits per heavy atom. The van der Waals surface area contributed by atoms with Crippen LogP contribution in [0.1, 0.15) is 36.0 Å². The molecule has 1 amide bonds. The van der Waals surface area contributed by atoms with Crippen LogP contribution in [-0.4, -0.2) is 23.0 Å². The van der Waals surface area contributed by atoms with Crippen molar-refractivity contribution in [3.8, 4) is 0 Å². The number of nitrogens with one attached hydrogen (secondary N) is 1. The molecule has 1 aromatic rings. The first-order valence-corrected chi connectivity index (χ1v) is 6.00. The SMILES string of the molecule is O=C(NN1C2CCCCC21)c1ccccc1. The molecule has 2 unspecified atom stereocenters. The maximum atomic E-state index is 11.9. The van der Waals surface area contributed by atoms with Gasteiger partial charge in [-0.15, -0.1) is 0 Å². The van der Waals surface area contributed by atoms with Crippen molar-refractivity contribution in [1.82, 2.24) is 10.4 Å². The van der Waals surface area contributed by atoms with Crippen LogP contribution in [0.4, 0.5) is 0 Å². The van der Waals surface area contributed by atoms with Crippen LogP contribution in [0, 0.1) is 0 Å². The van der Waals surface area contributed by atoms with Gasteiger partial charge in [-0.1, -0.05) is 31.0 Å². The number of hydrogen-bond donors (Lipinski definition) is 1. The van der Waals surface area contributed by atoms with Crippen molar-refractivity contribution in [2.24, 2.45) is 0 Å². The van der Waals surface area contributed by atoms with Crippen molar-refractivity contribution in [2.75, 3.05) is 0 Å². The largest absolute Gasteiger partial charge is 0.284 e. The highest BCUT2D eigenvalue weighted by Gasteiger charge is 2.49. The summed E-state index contributed by atoms with van der Waals surface area (Å²) in [4.78, 5) is 11.9. The molecule has 1 aliphatic heterocycles. The van der Waals surface area contributed by atoms with Gasteiger partial charge in [0.05, 0.1) is 0 Å². The van der Waals surface area contributed by atoms with Gasteiger partial charge in [0.2, 0.25) is 0 Å². The number of carbonyl (C=O) groups excluding carboxylic acids is 1. The number of benzene rings is 1. The third-order valence-corrected chi connectivity index (χ3v) is 3.59. The van der Waals surface area contributed by atoms with Gasteiger partial charge in [0.25, 0.3) is 5.91 Å². The van der Waals surface area contributed by atoms with E-state index >= 15 is 0 Å². The summed E-state index contributed by atoms with van der Waals surface area (Å²) in [6.07, 6.45) is 5.08. The minimum atomic E-state index is 0.0231. The van der Waals surface area contributed by atoms with Gasteiger partial charge in [-0.25, -0.2) is 5.01 Å². The second kappa shape index (κ2) is 3.91. The zero-order valence-electron chi connectivity index (χ0n) is 9.23. The van der Waals surface area contributed by atoms with Gasteiger partial charge in [0.15, 0.2) is 0 Å². The van der Waals surface area contributed by atoms with Crippen LogP contribution >= 0.6 is 0 Å². The van der Waals surface area contributed by atoms with E-state index in [1.165, 1.54) is 25.7 Å². The Kier molecular flexibility index (Phi) is 2.40. The lowest BCUT2D eigenvalue weighted by molar-refractivity contribution is 0.0883. The molecule has 2 aliphatic rings. The molecule has 3 nitrogen and oxygen atoms in total. The van der Waals surface area contributed by atoms with Gasteiger partial charge in [-0.2, -0.15) is 0 Å². The summed E-state index contributed by atoms with van der Waals surface area (Å²) in [6.45, 7) is 0. The molecule has 1 saturated heterocycles. The minimum Gasteiger partial charge on any atom is -0.284 e. The van der Waals surface area contributed by atoms with E-state index in [1.807, 2.05) is 30.3 Å². The van der Waals surface area contributed by atoms with E-state index in [0.717, 1.165) is 5.56 Å². The van der Waals surface area contributed by atoms with Crippen molar-refractivity contribution in [3.63, 3.8) is 0 Å². The zero-order valence-corrected chi connectivity index (χ0v) is 9.23. The van der Waals surface area contributed by atoms with Crippen LogP contribution in [0.5, 0.6) is 0 Å². The summed E-state index contributed by atoms with van der Waals surface area (Å²) in [5.74, 6) is 0.0231. The van der Waals surface area contributed by atoms with E-state index in [2.05, 4.69) is 10.4 Å². The molecule has 0 radical (unpaired) electrons. The maximum absolute atomic E-state index is 11.9. The van der Waals surface area contributed by atoms with Crippen LogP contribution in [0.25, 0.3) is 0 Å². The Balaban J connectivity index is 1.62. The maximum Gasteiger partial charge on any atom is 0.265 e. The lowest BCUT2D eigenvalue weighted by Gasteiger charge is -2.06. The van der Waals surface area contributed by atoms with Crippen LogP contribution in [-0.2, 0) is 0 Å². The highest BCUT2D eigenvalue weighted by molar-refractivity contribution is 5.93. The Bertz CT molecular complexity index is 378. The molecule has 1 N–H and O–H groups in total. The molecule has 0 spiro atoms. The summed E-state index contributed by atoms with van der Waals surface area (Å²) in [6, 6.07) is 10.6. The standard InChI is InChI=1S/C13H16N2O/c16-13(10-6-2-1-3-7-10)14-15-11-8-4-5-9-12(11)15/h1-3,6-7,11-12H,4-5,8-9H2,(H,14,16). The van der Waals surface area contributed by atoms with Gasteiger partial charge in [-0.05, 0) is 25.0 Å². The fourth-order valence-electron chi connectivity index (χ4n) is 2.64. The van der Waals surface area contributed by atoms with E-state index < -0.39 is 0 Å². The van der Waals surface area contributed by atoms with E-state index in [-0.39, 0.29) is 5.91 Å². The summed E-state index contributed by atoms with van der Waals surface area (Å²) in [5, 5.41) is 2.13. The molecule has 2 atom stereocenters. The van der Waals surface area contributed by atoms with Gasteiger partial charge < -0.3 is 0 Å². The summed E-state index contributed by atoms with van der Waals surface area (Å²) in [7, 11) is 0. The van der Waals surface area contributed by atoms with E-state index in [9.17, 15) is 4.79 Å². The molecule has 1 aliphatic carbocycles. The van der Waals surface area contributed by atoms with Crippen LogP contribution in [0.2, 0.25) is 0 Å². The molecule has 3 heteroatoms. The number of amides is 1. The lowest BCUT2D eigenvalue weighted by atomic mass is 10.0. The number of fused-ring (bicyclic) bond motifs is 1. The summed E-state index contributed by atoms with van der Waals surface area (Å²) < 4.78 is 0. The molecule has 1 saturated carbocycles. The predicted octanol–water partition coefficient (Wildman–Crippen LogP) is 1.96.